The van der Waals surface area contributed by atoms with Gasteiger partial charge >= 0.3 is 0 Å². The molecule has 0 atom stereocenters. The van der Waals surface area contributed by atoms with Crippen LogP contribution < -0.4 is 14.8 Å². The second-order valence-corrected chi connectivity index (χ2v) is 6.08. The molecule has 0 radical (unpaired) electrons. The number of nitrogens with one attached hydrogen (secondary N) is 1. The van der Waals surface area contributed by atoms with Crippen LogP contribution in [0.25, 0.3) is 11.1 Å². The third-order valence-electron chi connectivity index (χ3n) is 4.26. The molecule has 0 fully saturated rings. The zero-order valence-electron chi connectivity index (χ0n) is 18.3. The summed E-state index contributed by atoms with van der Waals surface area (Å²) in [4.78, 5) is 12.9. The van der Waals surface area contributed by atoms with Crippen LogP contribution in [0.15, 0.2) is 72.8 Å². The Hall–Kier alpha value is -3.27. The van der Waals surface area contributed by atoms with Crippen LogP contribution in [-0.4, -0.2) is 19.1 Å². The van der Waals surface area contributed by atoms with Crippen LogP contribution in [-0.2, 0) is 0 Å². The lowest BCUT2D eigenvalue weighted by Crippen LogP contribution is -2.13. The zero-order valence-corrected chi connectivity index (χ0v) is 18.3. The lowest BCUT2D eigenvalue weighted by Gasteiger charge is -2.12. The van der Waals surface area contributed by atoms with E-state index in [2.05, 4.69) is 5.32 Å². The van der Waals surface area contributed by atoms with Crippen molar-refractivity contribution in [3.05, 3.63) is 78.4 Å². The van der Waals surface area contributed by atoms with Gasteiger partial charge in [0.1, 0.15) is 0 Å². The van der Waals surface area contributed by atoms with Crippen LogP contribution in [0, 0.1) is 0 Å². The number of hydrogen-bond acceptors (Lipinski definition) is 3. The van der Waals surface area contributed by atoms with Crippen LogP contribution in [0.5, 0.6) is 11.5 Å². The maximum Gasteiger partial charge on any atom is 0.256 e. The molecule has 0 aromatic heterocycles. The second-order valence-electron chi connectivity index (χ2n) is 6.08. The van der Waals surface area contributed by atoms with Gasteiger partial charge in [0, 0.05) is 23.7 Å². The molecule has 1 N–H and O–H groups in total. The Morgan fingerprint density at radius 2 is 1.40 bits per heavy atom. The van der Waals surface area contributed by atoms with Gasteiger partial charge in [-0.1, -0.05) is 76.2 Å². The average molecular weight is 406 g/mol. The number of carbonyl (C=O) groups is 1. The molecule has 4 nitrogen and oxygen atoms in total. The molecule has 0 saturated carbocycles. The van der Waals surface area contributed by atoms with Crippen molar-refractivity contribution in [1.29, 1.82) is 0 Å². The van der Waals surface area contributed by atoms with Gasteiger partial charge in [-0.05, 0) is 29.3 Å². The summed E-state index contributed by atoms with van der Waals surface area (Å²) < 4.78 is 11.3. The lowest BCUT2D eigenvalue weighted by atomic mass is 9.99. The van der Waals surface area contributed by atoms with Gasteiger partial charge in [0.25, 0.3) is 5.91 Å². The van der Waals surface area contributed by atoms with Gasteiger partial charge in [0.2, 0.25) is 0 Å². The van der Waals surface area contributed by atoms with Crippen molar-refractivity contribution in [2.24, 2.45) is 0 Å². The van der Waals surface area contributed by atoms with Gasteiger partial charge in [0.05, 0.1) is 13.2 Å². The Kier molecular flexibility index (Phi) is 9.46. The lowest BCUT2D eigenvalue weighted by molar-refractivity contribution is 0.102. The first kappa shape index (κ1) is 23.0. The molecule has 3 aromatic rings. The minimum absolute atomic E-state index is 0.154. The summed E-state index contributed by atoms with van der Waals surface area (Å²) in [6, 6.07) is 23.0. The number of fused-ring (bicyclic) bond motifs is 1. The molecule has 4 heteroatoms. The van der Waals surface area contributed by atoms with Gasteiger partial charge in [-0.3, -0.25) is 4.79 Å². The molecule has 3 aromatic carbocycles. The molecule has 0 unspecified atom stereocenters. The van der Waals surface area contributed by atoms with E-state index in [-0.39, 0.29) is 5.91 Å². The van der Waals surface area contributed by atoms with Crippen molar-refractivity contribution in [2.45, 2.75) is 34.1 Å². The SMILES string of the molecule is CC.CC.O=C(Nc1ccc2c(c1)OCCCO2)c1ccccc1-c1ccccc1. The quantitative estimate of drug-likeness (QED) is 0.520. The van der Waals surface area contributed by atoms with Crippen LogP contribution >= 0.6 is 0 Å². The van der Waals surface area contributed by atoms with Crippen LogP contribution in [0.4, 0.5) is 5.69 Å². The Bertz CT molecular complexity index is 923. The molecule has 0 saturated heterocycles. The van der Waals surface area contributed by atoms with Gasteiger partial charge in [-0.15, -0.1) is 0 Å². The standard InChI is InChI=1S/C22H19NO3.2C2H6/c24-22(19-10-5-4-9-18(19)16-7-2-1-3-8-16)23-17-11-12-20-21(15-17)26-14-6-13-25-20;2*1-2/h1-5,7-12,15H,6,13-14H2,(H,23,24);2*1-2H3. The molecule has 0 aliphatic carbocycles. The van der Waals surface area contributed by atoms with Crippen LogP contribution in [0.3, 0.4) is 0 Å². The molecule has 1 aliphatic rings. The summed E-state index contributed by atoms with van der Waals surface area (Å²) in [6.07, 6.45) is 0.848. The molecular formula is C26H31NO3. The summed E-state index contributed by atoms with van der Waals surface area (Å²) in [5.41, 5.74) is 3.23. The average Bonchev–Trinajstić information content (AvgIpc) is 3.07. The Morgan fingerprint density at radius 3 is 2.13 bits per heavy atom. The van der Waals surface area contributed by atoms with E-state index < -0.39 is 0 Å². The second kappa shape index (κ2) is 12.3. The van der Waals surface area contributed by atoms with E-state index in [1.807, 2.05) is 100 Å². The number of amides is 1. The first-order chi connectivity index (χ1) is 14.8. The van der Waals surface area contributed by atoms with Crippen LogP contribution in [0.2, 0.25) is 0 Å². The third kappa shape index (κ3) is 5.86. The zero-order chi connectivity index (χ0) is 21.8. The fourth-order valence-electron chi connectivity index (χ4n) is 2.99. The highest BCUT2D eigenvalue weighted by Crippen LogP contribution is 2.33. The molecule has 0 spiro atoms. The first-order valence-corrected chi connectivity index (χ1v) is 10.7. The normalized spacial score (nSPS) is 11.6. The minimum atomic E-state index is -0.154. The fourth-order valence-corrected chi connectivity index (χ4v) is 2.99. The summed E-state index contributed by atoms with van der Waals surface area (Å²) in [6.45, 7) is 9.25. The van der Waals surface area contributed by atoms with E-state index >= 15 is 0 Å². The third-order valence-corrected chi connectivity index (χ3v) is 4.26. The van der Waals surface area contributed by atoms with Crippen molar-refractivity contribution < 1.29 is 14.3 Å². The van der Waals surface area contributed by atoms with Gasteiger partial charge in [0.15, 0.2) is 11.5 Å². The number of rotatable bonds is 3. The predicted octanol–water partition coefficient (Wildman–Crippen LogP) is 6.82. The van der Waals surface area contributed by atoms with E-state index in [1.165, 1.54) is 0 Å². The summed E-state index contributed by atoms with van der Waals surface area (Å²) in [5, 5.41) is 2.96. The van der Waals surface area contributed by atoms with Crippen molar-refractivity contribution in [1.82, 2.24) is 0 Å². The van der Waals surface area contributed by atoms with Gasteiger partial charge < -0.3 is 14.8 Å². The minimum Gasteiger partial charge on any atom is -0.490 e. The maximum absolute atomic E-state index is 12.9. The molecule has 158 valence electrons. The molecule has 1 amide bonds. The number of benzene rings is 3. The molecule has 0 bridgehead atoms. The first-order valence-electron chi connectivity index (χ1n) is 10.7. The molecule has 4 rings (SSSR count). The van der Waals surface area contributed by atoms with Gasteiger partial charge in [-0.2, -0.15) is 0 Å². The molecular weight excluding hydrogens is 374 g/mol. The number of carbonyl (C=O) groups excluding carboxylic acids is 1. The largest absolute Gasteiger partial charge is 0.490 e. The van der Waals surface area contributed by atoms with E-state index in [4.69, 9.17) is 9.47 Å². The summed E-state index contributed by atoms with van der Waals surface area (Å²) >= 11 is 0. The Labute approximate surface area is 179 Å². The van der Waals surface area contributed by atoms with Crippen molar-refractivity contribution in [2.75, 3.05) is 18.5 Å². The van der Waals surface area contributed by atoms with E-state index in [1.54, 1.807) is 0 Å². The number of hydrogen-bond donors (Lipinski definition) is 1. The number of ether oxygens (including phenoxy) is 2. The topological polar surface area (TPSA) is 47.6 Å². The Morgan fingerprint density at radius 1 is 0.767 bits per heavy atom. The van der Waals surface area contributed by atoms with E-state index in [0.717, 1.165) is 17.5 Å². The maximum atomic E-state index is 12.9. The highest BCUT2D eigenvalue weighted by molar-refractivity contribution is 6.08. The van der Waals surface area contributed by atoms with Crippen molar-refractivity contribution in [3.8, 4) is 22.6 Å². The van der Waals surface area contributed by atoms with E-state index in [9.17, 15) is 4.79 Å². The van der Waals surface area contributed by atoms with Crippen LogP contribution in [0.1, 0.15) is 44.5 Å². The fraction of sp³-hybridized carbons (Fsp3) is 0.269. The summed E-state index contributed by atoms with van der Waals surface area (Å²) in [5.74, 6) is 1.22. The summed E-state index contributed by atoms with van der Waals surface area (Å²) in [7, 11) is 0. The molecule has 1 heterocycles. The predicted molar refractivity (Wildman–Crippen MR) is 125 cm³/mol. The van der Waals surface area contributed by atoms with E-state index in [0.29, 0.717) is 36.0 Å². The monoisotopic (exact) mass is 405 g/mol. The highest BCUT2D eigenvalue weighted by atomic mass is 16.5. The van der Waals surface area contributed by atoms with Crippen molar-refractivity contribution >= 4 is 11.6 Å². The highest BCUT2D eigenvalue weighted by Gasteiger charge is 2.15. The number of anilines is 1. The Balaban J connectivity index is 0.000000757. The molecule has 30 heavy (non-hydrogen) atoms. The molecule has 1 aliphatic heterocycles. The van der Waals surface area contributed by atoms with Crippen molar-refractivity contribution in [3.63, 3.8) is 0 Å². The van der Waals surface area contributed by atoms with Gasteiger partial charge in [-0.25, -0.2) is 0 Å². The smallest absolute Gasteiger partial charge is 0.256 e.